The molecule has 0 radical (unpaired) electrons. The number of hydrogen-bond donors (Lipinski definition) is 0. The molecular formula is C30H33BrN2O7S. The monoisotopic (exact) mass is 644 g/mol. The normalized spacial score (nSPS) is 14.7. The molecule has 0 saturated carbocycles. The zero-order valence-electron chi connectivity index (χ0n) is 23.9. The number of benzene rings is 2. The SMILES string of the molecule is CCOc1ccc([C@@H]2C(C(=O)OC)=CN=c3s/c(=C/c4cc(Br)c(OC(C)C)c(OCC)c4)c(=O)n32)cc1OCC. The van der Waals surface area contributed by atoms with Gasteiger partial charge in [0.05, 0.1) is 53.7 Å². The van der Waals surface area contributed by atoms with Crippen molar-refractivity contribution < 1.29 is 28.5 Å². The highest BCUT2D eigenvalue weighted by Gasteiger charge is 2.31. The second kappa shape index (κ2) is 13.4. The van der Waals surface area contributed by atoms with E-state index >= 15 is 0 Å². The van der Waals surface area contributed by atoms with Crippen molar-refractivity contribution in [3.05, 3.63) is 77.4 Å². The number of halogens is 1. The van der Waals surface area contributed by atoms with E-state index in [9.17, 15) is 9.59 Å². The van der Waals surface area contributed by atoms with Gasteiger partial charge in [-0.2, -0.15) is 0 Å². The summed E-state index contributed by atoms with van der Waals surface area (Å²) < 4.78 is 31.0. The van der Waals surface area contributed by atoms with Gasteiger partial charge in [0, 0.05) is 6.20 Å². The van der Waals surface area contributed by atoms with E-state index in [1.165, 1.54) is 29.2 Å². The minimum Gasteiger partial charge on any atom is -0.490 e. The lowest BCUT2D eigenvalue weighted by Crippen LogP contribution is -2.39. The standard InChI is InChI=1S/C30H33BrN2O7S/c1-7-37-22-11-10-19(15-23(22)38-8-2)26-20(29(35)36-6)16-32-30-33(26)28(34)25(41-30)14-18-12-21(31)27(40-17(4)5)24(13-18)39-9-3/h10-17,26H,7-9H2,1-6H3/b25-14+/t26-/m1/s1. The predicted octanol–water partition coefficient (Wildman–Crippen LogP) is 4.76. The molecule has 9 nitrogen and oxygen atoms in total. The van der Waals surface area contributed by atoms with Gasteiger partial charge in [-0.3, -0.25) is 9.36 Å². The lowest BCUT2D eigenvalue weighted by Gasteiger charge is -2.23. The molecule has 218 valence electrons. The summed E-state index contributed by atoms with van der Waals surface area (Å²) in [7, 11) is 1.30. The Hall–Kier alpha value is -3.57. The molecule has 1 aliphatic heterocycles. The topological polar surface area (TPSA) is 97.6 Å². The lowest BCUT2D eigenvalue weighted by molar-refractivity contribution is -0.136. The first kappa shape index (κ1) is 30.4. The van der Waals surface area contributed by atoms with Gasteiger partial charge in [-0.1, -0.05) is 17.4 Å². The van der Waals surface area contributed by atoms with E-state index in [1.807, 2.05) is 52.8 Å². The summed E-state index contributed by atoms with van der Waals surface area (Å²) in [6.07, 6.45) is 3.19. The summed E-state index contributed by atoms with van der Waals surface area (Å²) in [5, 5.41) is 0. The smallest absolute Gasteiger partial charge is 0.337 e. The first-order valence-electron chi connectivity index (χ1n) is 13.3. The molecular weight excluding hydrogens is 612 g/mol. The van der Waals surface area contributed by atoms with Crippen molar-refractivity contribution in [2.24, 2.45) is 4.99 Å². The summed E-state index contributed by atoms with van der Waals surface area (Å²) in [5.74, 6) is 1.69. The van der Waals surface area contributed by atoms with Crippen LogP contribution in [0.5, 0.6) is 23.0 Å². The number of aromatic nitrogens is 1. The highest BCUT2D eigenvalue weighted by molar-refractivity contribution is 9.10. The first-order chi connectivity index (χ1) is 19.7. The molecule has 0 aliphatic carbocycles. The second-order valence-corrected chi connectivity index (χ2v) is 11.0. The fourth-order valence-electron chi connectivity index (χ4n) is 4.42. The van der Waals surface area contributed by atoms with Crippen molar-refractivity contribution in [3.8, 4) is 23.0 Å². The molecule has 41 heavy (non-hydrogen) atoms. The second-order valence-electron chi connectivity index (χ2n) is 9.18. The lowest BCUT2D eigenvalue weighted by atomic mass is 9.97. The average Bonchev–Trinajstić information content (AvgIpc) is 3.25. The van der Waals surface area contributed by atoms with Crippen LogP contribution < -0.4 is 33.8 Å². The molecule has 4 rings (SSSR count). The molecule has 0 N–H and O–H groups in total. The van der Waals surface area contributed by atoms with Crippen molar-refractivity contribution in [2.45, 2.75) is 46.8 Å². The van der Waals surface area contributed by atoms with Crippen molar-refractivity contribution in [1.29, 1.82) is 0 Å². The van der Waals surface area contributed by atoms with Crippen LogP contribution in [0.2, 0.25) is 0 Å². The van der Waals surface area contributed by atoms with Gasteiger partial charge in [-0.25, -0.2) is 9.79 Å². The number of rotatable bonds is 11. The van der Waals surface area contributed by atoms with Gasteiger partial charge in [0.25, 0.3) is 5.56 Å². The average molecular weight is 646 g/mol. The van der Waals surface area contributed by atoms with E-state index in [1.54, 1.807) is 18.2 Å². The van der Waals surface area contributed by atoms with Crippen LogP contribution >= 0.6 is 27.3 Å². The Morgan fingerprint density at radius 1 is 1.05 bits per heavy atom. The van der Waals surface area contributed by atoms with Crippen LogP contribution in [0.15, 0.2) is 56.4 Å². The zero-order valence-corrected chi connectivity index (χ0v) is 26.3. The molecule has 1 atom stereocenters. The fourth-order valence-corrected chi connectivity index (χ4v) is 5.95. The number of carbonyl (C=O) groups is 1. The summed E-state index contributed by atoms with van der Waals surface area (Å²) >= 11 is 4.82. The van der Waals surface area contributed by atoms with E-state index < -0.39 is 12.0 Å². The van der Waals surface area contributed by atoms with Crippen molar-refractivity contribution in [2.75, 3.05) is 26.9 Å². The van der Waals surface area contributed by atoms with E-state index in [-0.39, 0.29) is 17.2 Å². The molecule has 2 aromatic carbocycles. The Morgan fingerprint density at radius 3 is 2.39 bits per heavy atom. The Labute approximate surface area is 250 Å². The van der Waals surface area contributed by atoms with E-state index in [0.29, 0.717) is 62.2 Å². The van der Waals surface area contributed by atoms with Crippen LogP contribution in [0.25, 0.3) is 6.08 Å². The summed E-state index contributed by atoms with van der Waals surface area (Å²) in [6, 6.07) is 8.32. The fraction of sp³-hybridized carbons (Fsp3) is 0.367. The van der Waals surface area contributed by atoms with E-state index in [0.717, 1.165) is 5.56 Å². The maximum atomic E-state index is 13.9. The maximum Gasteiger partial charge on any atom is 0.337 e. The number of methoxy groups -OCH3 is 1. The number of thiazole rings is 1. The molecule has 0 bridgehead atoms. The highest BCUT2D eigenvalue weighted by Crippen LogP contribution is 2.38. The number of nitrogens with zero attached hydrogens (tertiary/aromatic N) is 2. The van der Waals surface area contributed by atoms with E-state index in [2.05, 4.69) is 20.9 Å². The number of esters is 1. The zero-order chi connectivity index (χ0) is 29.7. The number of hydrogen-bond acceptors (Lipinski definition) is 9. The van der Waals surface area contributed by atoms with Gasteiger partial charge < -0.3 is 23.7 Å². The van der Waals surface area contributed by atoms with Gasteiger partial charge in [0.1, 0.15) is 0 Å². The maximum absolute atomic E-state index is 13.9. The molecule has 1 aromatic heterocycles. The molecule has 11 heteroatoms. The molecule has 1 aliphatic rings. The van der Waals surface area contributed by atoms with Crippen LogP contribution in [0, 0.1) is 0 Å². The number of ether oxygens (including phenoxy) is 5. The van der Waals surface area contributed by atoms with Crippen molar-refractivity contribution >= 4 is 39.3 Å². The van der Waals surface area contributed by atoms with Gasteiger partial charge in [-0.15, -0.1) is 0 Å². The Balaban J connectivity index is 1.88. The molecule has 2 heterocycles. The van der Waals surface area contributed by atoms with Crippen molar-refractivity contribution in [3.63, 3.8) is 0 Å². The Kier molecular flexibility index (Phi) is 9.93. The highest BCUT2D eigenvalue weighted by atomic mass is 79.9. The van der Waals surface area contributed by atoms with Gasteiger partial charge in [0.2, 0.25) is 0 Å². The minimum atomic E-state index is -0.775. The quantitative estimate of drug-likeness (QED) is 0.278. The Morgan fingerprint density at radius 2 is 1.73 bits per heavy atom. The summed E-state index contributed by atoms with van der Waals surface area (Å²) in [4.78, 5) is 31.7. The van der Waals surface area contributed by atoms with Crippen LogP contribution in [0.3, 0.4) is 0 Å². The molecule has 0 fully saturated rings. The minimum absolute atomic E-state index is 0.0464. The summed E-state index contributed by atoms with van der Waals surface area (Å²) in [6.45, 7) is 10.9. The number of carbonyl (C=O) groups excluding carboxylic acids is 1. The molecule has 0 amide bonds. The Bertz CT molecular complexity index is 1640. The largest absolute Gasteiger partial charge is 0.490 e. The van der Waals surface area contributed by atoms with Crippen molar-refractivity contribution in [1.82, 2.24) is 4.57 Å². The predicted molar refractivity (Wildman–Crippen MR) is 161 cm³/mol. The van der Waals surface area contributed by atoms with Crippen LogP contribution in [-0.2, 0) is 9.53 Å². The molecule has 0 saturated heterocycles. The van der Waals surface area contributed by atoms with Crippen LogP contribution in [0.4, 0.5) is 0 Å². The summed E-state index contributed by atoms with van der Waals surface area (Å²) in [5.41, 5.74) is 1.34. The van der Waals surface area contributed by atoms with Gasteiger partial charge >= 0.3 is 5.97 Å². The third kappa shape index (κ3) is 6.51. The number of fused-ring (bicyclic) bond motifs is 1. The van der Waals surface area contributed by atoms with Crippen LogP contribution in [-0.4, -0.2) is 43.6 Å². The molecule has 0 spiro atoms. The van der Waals surface area contributed by atoms with Gasteiger partial charge in [0.15, 0.2) is 27.8 Å². The molecule has 3 aromatic rings. The van der Waals surface area contributed by atoms with Gasteiger partial charge in [-0.05, 0) is 92.0 Å². The first-order valence-corrected chi connectivity index (χ1v) is 14.9. The third-order valence-electron chi connectivity index (χ3n) is 5.99. The van der Waals surface area contributed by atoms with E-state index in [4.69, 9.17) is 23.7 Å². The molecule has 0 unspecified atom stereocenters. The van der Waals surface area contributed by atoms with Crippen LogP contribution in [0.1, 0.15) is 51.8 Å². The third-order valence-corrected chi connectivity index (χ3v) is 7.58.